The largest absolute Gasteiger partial charge is 0.506 e. The van der Waals surface area contributed by atoms with Crippen LogP contribution in [0.4, 0.5) is 0 Å². The number of benzene rings is 1. The molecule has 1 aromatic rings. The number of ketones is 1. The van der Waals surface area contributed by atoms with E-state index in [1.54, 1.807) is 6.07 Å². The first-order valence-corrected chi connectivity index (χ1v) is 4.43. The van der Waals surface area contributed by atoms with E-state index in [2.05, 4.69) is 0 Å². The number of Topliss-reactive ketones (excluding diaryl/α,β-unsaturated/α-hetero) is 1. The van der Waals surface area contributed by atoms with Crippen LogP contribution in [-0.2, 0) is 0 Å². The third-order valence-corrected chi connectivity index (χ3v) is 2.07. The lowest BCUT2D eigenvalue weighted by molar-refractivity contribution is 0.0939. The molecule has 0 radical (unpaired) electrons. The minimum atomic E-state index is -0.0689. The summed E-state index contributed by atoms with van der Waals surface area (Å²) in [5, 5.41) is 9.51. The van der Waals surface area contributed by atoms with Gasteiger partial charge in [0.25, 0.3) is 0 Å². The molecule has 0 aliphatic rings. The van der Waals surface area contributed by atoms with E-state index in [9.17, 15) is 9.90 Å². The predicted octanol–water partition coefficient (Wildman–Crippen LogP) is 2.88. The van der Waals surface area contributed by atoms with Crippen LogP contribution >= 0.6 is 11.6 Å². The summed E-state index contributed by atoms with van der Waals surface area (Å²) in [6.07, 6.45) is 0. The zero-order valence-corrected chi connectivity index (χ0v) is 8.30. The molecule has 2 nitrogen and oxygen atoms in total. The highest BCUT2D eigenvalue weighted by Gasteiger charge is 2.11. The Bertz CT molecular complexity index is 332. The molecule has 3 heteroatoms. The molecule has 70 valence electrons. The van der Waals surface area contributed by atoms with Crippen molar-refractivity contribution in [3.63, 3.8) is 0 Å². The number of phenolic OH excluding ortho intramolecular Hbond substituents is 1. The highest BCUT2D eigenvalue weighted by atomic mass is 35.5. The van der Waals surface area contributed by atoms with Gasteiger partial charge in [0.2, 0.25) is 0 Å². The third kappa shape index (κ3) is 2.22. The highest BCUT2D eigenvalue weighted by molar-refractivity contribution is 6.32. The summed E-state index contributed by atoms with van der Waals surface area (Å²) in [5.41, 5.74) is 0.497. The number of halogens is 1. The molecule has 0 saturated carbocycles. The maximum absolute atomic E-state index is 11.5. The molecule has 0 aliphatic heterocycles. The Balaban J connectivity index is 3.04. The van der Waals surface area contributed by atoms with Crippen LogP contribution in [0.3, 0.4) is 0 Å². The number of aromatic hydroxyl groups is 1. The minimum Gasteiger partial charge on any atom is -0.506 e. The third-order valence-electron chi connectivity index (χ3n) is 1.76. The van der Waals surface area contributed by atoms with E-state index >= 15 is 0 Å². The van der Waals surface area contributed by atoms with E-state index in [1.165, 1.54) is 12.1 Å². The lowest BCUT2D eigenvalue weighted by Gasteiger charge is -2.04. The van der Waals surface area contributed by atoms with Crippen molar-refractivity contribution in [1.82, 2.24) is 0 Å². The summed E-state index contributed by atoms with van der Waals surface area (Å²) in [6, 6.07) is 4.53. The lowest BCUT2D eigenvalue weighted by atomic mass is 10.0. The first kappa shape index (κ1) is 10.1. The molecule has 0 bridgehead atoms. The fraction of sp³-hybridized carbons (Fsp3) is 0.300. The second-order valence-corrected chi connectivity index (χ2v) is 3.59. The molecule has 0 heterocycles. The molecular weight excluding hydrogens is 188 g/mol. The molecule has 1 aromatic carbocycles. The smallest absolute Gasteiger partial charge is 0.165 e. The first-order chi connectivity index (χ1) is 6.02. The van der Waals surface area contributed by atoms with Gasteiger partial charge in [-0.25, -0.2) is 0 Å². The second-order valence-electron chi connectivity index (χ2n) is 3.19. The van der Waals surface area contributed by atoms with Crippen LogP contribution in [0.1, 0.15) is 24.2 Å². The molecule has 13 heavy (non-hydrogen) atoms. The number of hydrogen-bond acceptors (Lipinski definition) is 2. The van der Waals surface area contributed by atoms with Gasteiger partial charge < -0.3 is 5.11 Å². The van der Waals surface area contributed by atoms with E-state index in [1.807, 2.05) is 13.8 Å². The van der Waals surface area contributed by atoms with Crippen LogP contribution in [0, 0.1) is 5.92 Å². The van der Waals surface area contributed by atoms with Crippen LogP contribution in [0.25, 0.3) is 0 Å². The average molecular weight is 199 g/mol. The summed E-state index contributed by atoms with van der Waals surface area (Å²) in [6.45, 7) is 3.63. The Morgan fingerprint density at radius 3 is 2.54 bits per heavy atom. The van der Waals surface area contributed by atoms with Crippen molar-refractivity contribution in [2.75, 3.05) is 0 Å². The predicted molar refractivity (Wildman–Crippen MR) is 52.3 cm³/mol. The molecule has 0 saturated heterocycles. The zero-order chi connectivity index (χ0) is 10.0. The van der Waals surface area contributed by atoms with Crippen LogP contribution in [0.2, 0.25) is 5.02 Å². The van der Waals surface area contributed by atoms with Gasteiger partial charge in [-0.1, -0.05) is 25.4 Å². The lowest BCUT2D eigenvalue weighted by Crippen LogP contribution is -2.06. The first-order valence-electron chi connectivity index (χ1n) is 4.05. The Morgan fingerprint density at radius 2 is 2.08 bits per heavy atom. The molecule has 0 amide bonds. The number of phenols is 1. The molecule has 1 N–H and O–H groups in total. The van der Waals surface area contributed by atoms with Gasteiger partial charge in [0.15, 0.2) is 5.78 Å². The van der Waals surface area contributed by atoms with Crippen LogP contribution < -0.4 is 0 Å². The normalized spacial score (nSPS) is 10.5. The van der Waals surface area contributed by atoms with Crippen molar-refractivity contribution in [3.8, 4) is 5.75 Å². The van der Waals surface area contributed by atoms with Gasteiger partial charge in [0.1, 0.15) is 5.75 Å². The van der Waals surface area contributed by atoms with Crippen molar-refractivity contribution >= 4 is 17.4 Å². The fourth-order valence-corrected chi connectivity index (χ4v) is 1.12. The summed E-state index contributed by atoms with van der Waals surface area (Å²) in [5.74, 6) is -0.110. The van der Waals surface area contributed by atoms with Gasteiger partial charge in [-0.2, -0.15) is 0 Å². The summed E-state index contributed by atoms with van der Waals surface area (Å²) in [7, 11) is 0. The van der Waals surface area contributed by atoms with Crippen molar-refractivity contribution in [2.24, 2.45) is 5.92 Å². The SMILES string of the molecule is CC(C)C(=O)c1ccc(Cl)c(O)c1. The monoisotopic (exact) mass is 198 g/mol. The maximum Gasteiger partial charge on any atom is 0.165 e. The van der Waals surface area contributed by atoms with Gasteiger partial charge >= 0.3 is 0 Å². The number of hydrogen-bond donors (Lipinski definition) is 1. The van der Waals surface area contributed by atoms with E-state index in [-0.39, 0.29) is 22.5 Å². The van der Waals surface area contributed by atoms with Crippen LogP contribution in [-0.4, -0.2) is 10.9 Å². The van der Waals surface area contributed by atoms with E-state index in [4.69, 9.17) is 11.6 Å². The van der Waals surface area contributed by atoms with Gasteiger partial charge in [-0.05, 0) is 18.2 Å². The van der Waals surface area contributed by atoms with Gasteiger partial charge in [-0.15, -0.1) is 0 Å². The standard InChI is InChI=1S/C10H11ClO2/c1-6(2)10(13)7-3-4-8(11)9(12)5-7/h3-6,12H,1-2H3. The molecule has 1 rings (SSSR count). The van der Waals surface area contributed by atoms with Gasteiger partial charge in [0.05, 0.1) is 5.02 Å². The minimum absolute atomic E-state index is 0.00645. The number of carbonyl (C=O) groups is 1. The molecule has 0 fully saturated rings. The van der Waals surface area contributed by atoms with Gasteiger partial charge in [0, 0.05) is 11.5 Å². The van der Waals surface area contributed by atoms with E-state index in [0.717, 1.165) is 0 Å². The van der Waals surface area contributed by atoms with Crippen molar-refractivity contribution in [3.05, 3.63) is 28.8 Å². The molecule has 0 unspecified atom stereocenters. The Labute approximate surface area is 82.2 Å². The zero-order valence-electron chi connectivity index (χ0n) is 7.54. The quantitative estimate of drug-likeness (QED) is 0.742. The molecule has 0 spiro atoms. The van der Waals surface area contributed by atoms with Gasteiger partial charge in [-0.3, -0.25) is 4.79 Å². The second kappa shape index (κ2) is 3.79. The van der Waals surface area contributed by atoms with Crippen molar-refractivity contribution in [1.29, 1.82) is 0 Å². The topological polar surface area (TPSA) is 37.3 Å². The molecular formula is C10H11ClO2. The van der Waals surface area contributed by atoms with Crippen LogP contribution in [0.15, 0.2) is 18.2 Å². The van der Waals surface area contributed by atoms with Crippen molar-refractivity contribution < 1.29 is 9.90 Å². The summed E-state index contributed by atoms with van der Waals surface area (Å²) >= 11 is 5.60. The molecule has 0 aromatic heterocycles. The Morgan fingerprint density at radius 1 is 1.46 bits per heavy atom. The van der Waals surface area contributed by atoms with E-state index < -0.39 is 0 Å². The number of carbonyl (C=O) groups excluding carboxylic acids is 1. The maximum atomic E-state index is 11.5. The Kier molecular flexibility index (Phi) is 2.94. The summed E-state index contributed by atoms with van der Waals surface area (Å²) < 4.78 is 0. The number of rotatable bonds is 2. The Hall–Kier alpha value is -1.02. The van der Waals surface area contributed by atoms with Crippen LogP contribution in [0.5, 0.6) is 5.75 Å². The molecule has 0 atom stereocenters. The summed E-state index contributed by atoms with van der Waals surface area (Å²) in [4.78, 5) is 11.5. The molecule has 0 aliphatic carbocycles. The fourth-order valence-electron chi connectivity index (χ4n) is 0.999. The van der Waals surface area contributed by atoms with Crippen molar-refractivity contribution in [2.45, 2.75) is 13.8 Å². The van der Waals surface area contributed by atoms with E-state index in [0.29, 0.717) is 5.56 Å². The highest BCUT2D eigenvalue weighted by Crippen LogP contribution is 2.24. The average Bonchev–Trinajstić information content (AvgIpc) is 2.08.